The molecule has 0 saturated carbocycles. The lowest BCUT2D eigenvalue weighted by atomic mass is 9.67. The Hall–Kier alpha value is -14.1. The molecule has 0 saturated heterocycles. The number of hydrogen-bond acceptors (Lipinski definition) is 1. The summed E-state index contributed by atoms with van der Waals surface area (Å²) in [4.78, 5) is 2.38. The van der Waals surface area contributed by atoms with E-state index in [9.17, 15) is 0 Å². The van der Waals surface area contributed by atoms with Crippen LogP contribution in [0.2, 0.25) is 0 Å². The van der Waals surface area contributed by atoms with Crippen molar-refractivity contribution < 1.29 is 0 Å². The monoisotopic (exact) mass is 1510 g/mol. The molecule has 0 spiro atoms. The Morgan fingerprint density at radius 3 is 0.754 bits per heavy atom. The summed E-state index contributed by atoms with van der Waals surface area (Å²) in [5, 5.41) is 7.17. The van der Waals surface area contributed by atoms with Gasteiger partial charge in [0.25, 0.3) is 0 Å². The van der Waals surface area contributed by atoms with Gasteiger partial charge in [0.05, 0.1) is 43.9 Å². The van der Waals surface area contributed by atoms with Crippen LogP contribution in [0, 0.1) is 13.8 Å². The number of aromatic nitrogens is 3. The van der Waals surface area contributed by atoms with Crippen molar-refractivity contribution in [1.82, 2.24) is 13.7 Å². The molecule has 22 rings (SSSR count). The van der Waals surface area contributed by atoms with Crippen molar-refractivity contribution >= 4 is 82.5 Å². The van der Waals surface area contributed by atoms with E-state index in [-0.39, 0.29) is 10.8 Å². The standard InChI is InChI=1S/C114H88N4/c1-73-35-49-85(50-36-73)115(86-51-37-74(2)38-52-86)87-57-59-90(60-58-87)118-109-65-47-83(113(101-31-19-15-27-91(101)92-28-16-20-32-102(92)113)81-45-63-107-97(69-81)95-67-77(75-23-11-9-12-24-75)39-61-105(95)116(107)88-53-41-79(42-54-88)111(3,4)5)71-99(109)100-72-84(48-66-110(100)118)114(103-33-21-17-29-93(103)94-30-18-22-34-104(94)114)82-46-64-108-98(70-82)96-68-78(76-25-13-10-14-26-76)40-62-106(96)117(108)89-55-43-80(44-56-89)112(6,7)8/h9-72H,1-8H3. The summed E-state index contributed by atoms with van der Waals surface area (Å²) >= 11 is 0. The average Bonchev–Trinajstić information content (AvgIpc) is 1.53. The van der Waals surface area contributed by atoms with E-state index < -0.39 is 10.8 Å². The van der Waals surface area contributed by atoms with Crippen molar-refractivity contribution in [3.05, 3.63) is 455 Å². The third-order valence-corrected chi connectivity index (χ3v) is 26.1. The molecule has 0 aliphatic heterocycles. The van der Waals surface area contributed by atoms with Crippen LogP contribution in [0.15, 0.2) is 388 Å². The highest BCUT2D eigenvalue weighted by atomic mass is 15.1. The Bertz CT molecular complexity index is 6890. The van der Waals surface area contributed by atoms with Crippen molar-refractivity contribution in [2.75, 3.05) is 4.90 Å². The van der Waals surface area contributed by atoms with Gasteiger partial charge in [0, 0.05) is 66.4 Å². The number of fused-ring (bicyclic) bond motifs is 15. The van der Waals surface area contributed by atoms with E-state index in [4.69, 9.17) is 0 Å². The van der Waals surface area contributed by atoms with Gasteiger partial charge in [0.2, 0.25) is 0 Å². The van der Waals surface area contributed by atoms with Gasteiger partial charge in [-0.25, -0.2) is 0 Å². The number of hydrogen-bond donors (Lipinski definition) is 0. The van der Waals surface area contributed by atoms with Crippen molar-refractivity contribution in [2.45, 2.75) is 77.0 Å². The van der Waals surface area contributed by atoms with Gasteiger partial charge in [0.15, 0.2) is 0 Å². The number of nitrogens with zero attached hydrogens (tertiary/aromatic N) is 4. The van der Waals surface area contributed by atoms with Gasteiger partial charge in [-0.15, -0.1) is 0 Å². The van der Waals surface area contributed by atoms with Crippen molar-refractivity contribution in [1.29, 1.82) is 0 Å². The first kappa shape index (κ1) is 70.6. The molecule has 3 heterocycles. The Labute approximate surface area is 690 Å². The van der Waals surface area contributed by atoms with Crippen LogP contribution in [0.3, 0.4) is 0 Å². The van der Waals surface area contributed by atoms with Crippen molar-refractivity contribution in [3.63, 3.8) is 0 Å². The minimum atomic E-state index is -0.785. The highest BCUT2D eigenvalue weighted by Gasteiger charge is 2.49. The molecule has 0 amide bonds. The Morgan fingerprint density at radius 1 is 0.220 bits per heavy atom. The summed E-state index contributed by atoms with van der Waals surface area (Å²) in [6.45, 7) is 18.1. The van der Waals surface area contributed by atoms with Gasteiger partial charge in [-0.3, -0.25) is 0 Å². The van der Waals surface area contributed by atoms with Crippen LogP contribution in [0.4, 0.5) is 17.1 Å². The molecule has 2 aliphatic rings. The molecule has 4 heteroatoms. The minimum Gasteiger partial charge on any atom is -0.311 e. The smallest absolute Gasteiger partial charge is 0.0714 e. The van der Waals surface area contributed by atoms with E-state index in [1.54, 1.807) is 0 Å². The number of aryl methyl sites for hydroxylation is 2. The molecule has 0 unspecified atom stereocenters. The first-order valence-corrected chi connectivity index (χ1v) is 41.6. The van der Waals surface area contributed by atoms with Gasteiger partial charge >= 0.3 is 0 Å². The summed E-state index contributed by atoms with van der Waals surface area (Å²) < 4.78 is 7.52. The molecule has 2 aliphatic carbocycles. The lowest BCUT2D eigenvalue weighted by molar-refractivity contribution is 0.590. The molecule has 20 aromatic rings. The molecule has 0 atom stereocenters. The van der Waals surface area contributed by atoms with Gasteiger partial charge in [0.1, 0.15) is 0 Å². The molecule has 0 N–H and O–H groups in total. The molecular weight excluding hydrogens is 1430 g/mol. The second-order valence-corrected chi connectivity index (χ2v) is 34.9. The average molecular weight is 1510 g/mol. The van der Waals surface area contributed by atoms with Crippen LogP contribution in [-0.2, 0) is 21.7 Å². The lowest BCUT2D eigenvalue weighted by Crippen LogP contribution is -2.28. The fourth-order valence-electron chi connectivity index (χ4n) is 20.3. The van der Waals surface area contributed by atoms with E-state index in [2.05, 4.69) is 462 Å². The number of rotatable bonds is 12. The molecular formula is C114H88N4. The number of anilines is 3. The maximum Gasteiger partial charge on any atom is 0.0714 e. The van der Waals surface area contributed by atoms with E-state index in [1.807, 2.05) is 0 Å². The highest BCUT2D eigenvalue weighted by Crippen LogP contribution is 2.60. The predicted octanol–water partition coefficient (Wildman–Crippen LogP) is 29.7. The third-order valence-electron chi connectivity index (χ3n) is 26.1. The van der Waals surface area contributed by atoms with Crippen LogP contribution in [0.25, 0.3) is 127 Å². The van der Waals surface area contributed by atoms with E-state index in [1.165, 1.54) is 155 Å². The minimum absolute atomic E-state index is 0.00541. The zero-order valence-corrected chi connectivity index (χ0v) is 67.7. The predicted molar refractivity (Wildman–Crippen MR) is 496 cm³/mol. The van der Waals surface area contributed by atoms with Crippen molar-refractivity contribution in [2.24, 2.45) is 0 Å². The second-order valence-electron chi connectivity index (χ2n) is 34.9. The summed E-state index contributed by atoms with van der Waals surface area (Å²) in [6, 6.07) is 148. The fraction of sp³-hybridized carbons (Fsp3) is 0.105. The molecule has 4 nitrogen and oxygen atoms in total. The molecule has 118 heavy (non-hydrogen) atoms. The topological polar surface area (TPSA) is 18.0 Å². The normalized spacial score (nSPS) is 13.4. The van der Waals surface area contributed by atoms with Crippen LogP contribution in [0.1, 0.15) is 108 Å². The van der Waals surface area contributed by atoms with Gasteiger partial charge in [-0.1, -0.05) is 295 Å². The van der Waals surface area contributed by atoms with Gasteiger partial charge in [-0.2, -0.15) is 0 Å². The summed E-state index contributed by atoms with van der Waals surface area (Å²) in [5.74, 6) is 0. The second kappa shape index (κ2) is 26.8. The van der Waals surface area contributed by atoms with Gasteiger partial charge in [-0.05, 0) is 270 Å². The summed E-state index contributed by atoms with van der Waals surface area (Å²) in [6.07, 6.45) is 0. The Morgan fingerprint density at radius 2 is 0.466 bits per heavy atom. The quantitative estimate of drug-likeness (QED) is 0.119. The molecule has 0 fully saturated rings. The molecule has 0 bridgehead atoms. The largest absolute Gasteiger partial charge is 0.311 e. The van der Waals surface area contributed by atoms with E-state index >= 15 is 0 Å². The Kier molecular flexibility index (Phi) is 16.0. The van der Waals surface area contributed by atoms with Crippen LogP contribution < -0.4 is 4.90 Å². The Balaban J connectivity index is 0.815. The van der Waals surface area contributed by atoms with Crippen LogP contribution >= 0.6 is 0 Å². The van der Waals surface area contributed by atoms with Gasteiger partial charge < -0.3 is 18.6 Å². The van der Waals surface area contributed by atoms with Crippen LogP contribution in [0.5, 0.6) is 0 Å². The number of benzene rings is 17. The van der Waals surface area contributed by atoms with E-state index in [0.29, 0.717) is 0 Å². The summed E-state index contributed by atoms with van der Waals surface area (Å²) in [7, 11) is 0. The zero-order chi connectivity index (χ0) is 79.5. The zero-order valence-electron chi connectivity index (χ0n) is 67.7. The highest BCUT2D eigenvalue weighted by molar-refractivity contribution is 6.14. The molecule has 17 aromatic carbocycles. The van der Waals surface area contributed by atoms with E-state index in [0.717, 1.165) is 56.2 Å². The lowest BCUT2D eigenvalue weighted by Gasteiger charge is -2.34. The maximum atomic E-state index is 2.60. The summed E-state index contributed by atoms with van der Waals surface area (Å²) in [5.41, 5.74) is 36.7. The fourth-order valence-corrected chi connectivity index (χ4v) is 20.3. The van der Waals surface area contributed by atoms with Crippen LogP contribution in [-0.4, -0.2) is 13.7 Å². The molecule has 0 radical (unpaired) electrons. The SMILES string of the molecule is Cc1ccc(N(c2ccc(C)cc2)c2ccc(-n3c4ccc(C5(c6ccc7c(c6)c6cc(-c8ccccc8)ccc6n7-c6ccc(C(C)(C)C)cc6)c6ccccc6-c6ccccc65)cc4c4cc(C5(c6ccc7c(c6)c6cc(-c8ccccc8)ccc6n7-c6ccc(C(C)(C)C)cc6)c6ccccc6-c6ccccc65)ccc43)cc2)cc1. The third kappa shape index (κ3) is 10.8. The molecule has 3 aromatic heterocycles. The first-order valence-electron chi connectivity index (χ1n) is 41.6. The maximum absolute atomic E-state index is 2.60. The first-order chi connectivity index (χ1) is 57.6. The van der Waals surface area contributed by atoms with Crippen molar-refractivity contribution in [3.8, 4) is 61.6 Å². The molecule has 564 valence electrons.